The summed E-state index contributed by atoms with van der Waals surface area (Å²) in [5.41, 5.74) is 4.69. The van der Waals surface area contributed by atoms with Gasteiger partial charge >= 0.3 is 0 Å². The number of alkyl halides is 1. The maximum absolute atomic E-state index is 13.6. The van der Waals surface area contributed by atoms with E-state index in [1.807, 2.05) is 36.4 Å². The van der Waals surface area contributed by atoms with E-state index in [4.69, 9.17) is 0 Å². The van der Waals surface area contributed by atoms with Crippen LogP contribution in [0, 0.1) is 17.7 Å². The Morgan fingerprint density at radius 1 is 0.793 bits per heavy atom. The molecular formula is C24H15BrFNO2. The van der Waals surface area contributed by atoms with Gasteiger partial charge in [-0.3, -0.25) is 9.59 Å². The molecule has 2 amide bonds. The molecule has 1 fully saturated rings. The third-order valence-corrected chi connectivity index (χ3v) is 7.95. The zero-order valence-corrected chi connectivity index (χ0v) is 16.8. The number of carbonyl (C=O) groups excluding carboxylic acids is 2. The van der Waals surface area contributed by atoms with E-state index in [0.717, 1.165) is 22.3 Å². The van der Waals surface area contributed by atoms with E-state index in [-0.39, 0.29) is 17.7 Å². The van der Waals surface area contributed by atoms with Gasteiger partial charge in [0.1, 0.15) is 5.82 Å². The molecule has 1 heterocycles. The second-order valence-corrected chi connectivity index (χ2v) is 9.11. The molecule has 3 aromatic carbocycles. The Morgan fingerprint density at radius 2 is 1.34 bits per heavy atom. The Labute approximate surface area is 175 Å². The molecule has 3 aliphatic carbocycles. The zero-order chi connectivity index (χ0) is 19.9. The van der Waals surface area contributed by atoms with Gasteiger partial charge in [0.2, 0.25) is 11.8 Å². The maximum Gasteiger partial charge on any atom is 0.239 e. The molecule has 0 unspecified atom stereocenters. The van der Waals surface area contributed by atoms with Gasteiger partial charge in [-0.05, 0) is 46.5 Å². The lowest BCUT2D eigenvalue weighted by Crippen LogP contribution is -2.50. The fourth-order valence-corrected chi connectivity index (χ4v) is 6.73. The minimum absolute atomic E-state index is 0.172. The Kier molecular flexibility index (Phi) is 3.32. The van der Waals surface area contributed by atoms with Crippen molar-refractivity contribution in [3.05, 3.63) is 101 Å². The van der Waals surface area contributed by atoms with E-state index in [0.29, 0.717) is 5.69 Å². The van der Waals surface area contributed by atoms with Crippen LogP contribution in [0.2, 0.25) is 0 Å². The maximum atomic E-state index is 13.6. The molecule has 3 nitrogen and oxygen atoms in total. The fraction of sp³-hybridized carbons (Fsp3) is 0.167. The van der Waals surface area contributed by atoms with E-state index in [1.165, 1.54) is 29.2 Å². The van der Waals surface area contributed by atoms with Crippen molar-refractivity contribution < 1.29 is 14.0 Å². The number of hydrogen-bond donors (Lipinski definition) is 0. The van der Waals surface area contributed by atoms with E-state index >= 15 is 0 Å². The topological polar surface area (TPSA) is 37.4 Å². The average Bonchev–Trinajstić information content (AvgIpc) is 3.01. The van der Waals surface area contributed by atoms with Crippen LogP contribution >= 0.6 is 15.9 Å². The Morgan fingerprint density at radius 3 is 1.93 bits per heavy atom. The van der Waals surface area contributed by atoms with Crippen LogP contribution in [-0.2, 0) is 13.9 Å². The summed E-state index contributed by atoms with van der Waals surface area (Å²) in [5.74, 6) is -2.07. The number of hydrogen-bond acceptors (Lipinski definition) is 2. The van der Waals surface area contributed by atoms with E-state index in [2.05, 4.69) is 28.1 Å². The van der Waals surface area contributed by atoms with Crippen molar-refractivity contribution in [3.63, 3.8) is 0 Å². The van der Waals surface area contributed by atoms with Gasteiger partial charge in [-0.25, -0.2) is 9.29 Å². The highest BCUT2D eigenvalue weighted by Crippen LogP contribution is 2.66. The molecule has 2 bridgehead atoms. The number of imide groups is 1. The standard InChI is InChI=1S/C24H15BrFNO2/c25-24-17-7-3-1-5-15(17)19(16-6-2-4-8-18(16)24)20-21(24)23(29)27(22(20)28)14-11-9-13(26)10-12-14/h1-12,19-21H/t19?,20-,21+,24?/m0/s1. The number of halogens is 2. The lowest BCUT2D eigenvalue weighted by molar-refractivity contribution is -0.122. The minimum Gasteiger partial charge on any atom is -0.274 e. The van der Waals surface area contributed by atoms with Crippen LogP contribution in [0.3, 0.4) is 0 Å². The summed E-state index contributed by atoms with van der Waals surface area (Å²) in [7, 11) is 0. The summed E-state index contributed by atoms with van der Waals surface area (Å²) in [6.45, 7) is 0. The van der Waals surface area contributed by atoms with Crippen LogP contribution in [-0.4, -0.2) is 11.8 Å². The predicted octanol–water partition coefficient (Wildman–Crippen LogP) is 4.73. The summed E-state index contributed by atoms with van der Waals surface area (Å²) in [5, 5.41) is 0. The number of carbonyl (C=O) groups is 2. The molecule has 0 aromatic heterocycles. The summed E-state index contributed by atoms with van der Waals surface area (Å²) in [6.07, 6.45) is 0. The number of rotatable bonds is 1. The highest BCUT2D eigenvalue weighted by molar-refractivity contribution is 9.09. The molecule has 29 heavy (non-hydrogen) atoms. The highest BCUT2D eigenvalue weighted by atomic mass is 79.9. The number of nitrogens with zero attached hydrogens (tertiary/aromatic N) is 1. The monoisotopic (exact) mass is 447 g/mol. The molecule has 7 rings (SSSR count). The molecular weight excluding hydrogens is 433 g/mol. The highest BCUT2D eigenvalue weighted by Gasteiger charge is 2.67. The molecule has 142 valence electrons. The third kappa shape index (κ3) is 1.96. The molecule has 0 N–H and O–H groups in total. The van der Waals surface area contributed by atoms with E-state index in [1.54, 1.807) is 0 Å². The van der Waals surface area contributed by atoms with Gasteiger partial charge < -0.3 is 0 Å². The lowest BCUT2D eigenvalue weighted by Gasteiger charge is -2.51. The summed E-state index contributed by atoms with van der Waals surface area (Å²) in [6, 6.07) is 21.6. The number of anilines is 1. The van der Waals surface area contributed by atoms with Gasteiger partial charge in [0.05, 0.1) is 21.8 Å². The van der Waals surface area contributed by atoms with Gasteiger partial charge in [-0.2, -0.15) is 0 Å². The molecule has 0 radical (unpaired) electrons. The predicted molar refractivity (Wildman–Crippen MR) is 110 cm³/mol. The van der Waals surface area contributed by atoms with Gasteiger partial charge in [-0.15, -0.1) is 0 Å². The largest absolute Gasteiger partial charge is 0.274 e. The van der Waals surface area contributed by atoms with Gasteiger partial charge in [-0.1, -0.05) is 64.5 Å². The molecule has 0 saturated carbocycles. The lowest BCUT2D eigenvalue weighted by atomic mass is 9.55. The Hall–Kier alpha value is -2.79. The zero-order valence-electron chi connectivity index (χ0n) is 15.2. The smallest absolute Gasteiger partial charge is 0.239 e. The molecule has 0 spiro atoms. The van der Waals surface area contributed by atoms with Gasteiger partial charge in [0.25, 0.3) is 0 Å². The van der Waals surface area contributed by atoms with Crippen molar-refractivity contribution in [2.24, 2.45) is 11.8 Å². The van der Waals surface area contributed by atoms with Crippen molar-refractivity contribution in [1.29, 1.82) is 0 Å². The molecule has 2 atom stereocenters. The number of amides is 2. The van der Waals surface area contributed by atoms with Gasteiger partial charge in [0, 0.05) is 5.92 Å². The average molecular weight is 448 g/mol. The van der Waals surface area contributed by atoms with Crippen LogP contribution in [0.25, 0.3) is 0 Å². The quantitative estimate of drug-likeness (QED) is 0.399. The van der Waals surface area contributed by atoms with Crippen LogP contribution < -0.4 is 4.90 Å². The summed E-state index contributed by atoms with van der Waals surface area (Å²) < 4.78 is 12.7. The Balaban J connectivity index is 1.61. The first-order valence-electron chi connectivity index (χ1n) is 9.54. The SMILES string of the molecule is O=C1[C@H]2C3c4ccccc4C(Br)(c4ccccc43)[C@H]2C(=O)N1c1ccc(F)cc1. The van der Waals surface area contributed by atoms with Crippen molar-refractivity contribution >= 4 is 33.4 Å². The molecule has 5 heteroatoms. The molecule has 4 aliphatic rings. The van der Waals surface area contributed by atoms with Crippen molar-refractivity contribution in [2.75, 3.05) is 4.90 Å². The molecule has 1 aliphatic heterocycles. The second-order valence-electron chi connectivity index (χ2n) is 7.86. The van der Waals surface area contributed by atoms with E-state index < -0.39 is 22.0 Å². The summed E-state index contributed by atoms with van der Waals surface area (Å²) >= 11 is 3.96. The first-order chi connectivity index (χ1) is 14.0. The third-order valence-electron chi connectivity index (χ3n) is 6.60. The van der Waals surface area contributed by atoms with Crippen LogP contribution in [0.1, 0.15) is 28.2 Å². The summed E-state index contributed by atoms with van der Waals surface area (Å²) in [4.78, 5) is 28.5. The van der Waals surface area contributed by atoms with E-state index in [9.17, 15) is 14.0 Å². The molecule has 1 saturated heterocycles. The first kappa shape index (κ1) is 17.1. The van der Waals surface area contributed by atoms with Crippen LogP contribution in [0.15, 0.2) is 72.8 Å². The van der Waals surface area contributed by atoms with Crippen molar-refractivity contribution in [3.8, 4) is 0 Å². The first-order valence-corrected chi connectivity index (χ1v) is 10.3. The Bertz CT molecular complexity index is 1160. The van der Waals surface area contributed by atoms with Crippen molar-refractivity contribution in [2.45, 2.75) is 10.2 Å². The van der Waals surface area contributed by atoms with Crippen molar-refractivity contribution in [1.82, 2.24) is 0 Å². The fourth-order valence-electron chi connectivity index (χ4n) is 5.52. The molecule has 3 aromatic rings. The normalized spacial score (nSPS) is 28.9. The van der Waals surface area contributed by atoms with Gasteiger partial charge in [0.15, 0.2) is 0 Å². The minimum atomic E-state index is -0.763. The van der Waals surface area contributed by atoms with Crippen LogP contribution in [0.4, 0.5) is 10.1 Å². The van der Waals surface area contributed by atoms with Crippen LogP contribution in [0.5, 0.6) is 0 Å². The second kappa shape index (κ2) is 5.63. The number of benzene rings is 3.